The van der Waals surface area contributed by atoms with E-state index in [2.05, 4.69) is 25.2 Å². The molecule has 1 aliphatic rings. The van der Waals surface area contributed by atoms with E-state index in [0.29, 0.717) is 30.5 Å². The van der Waals surface area contributed by atoms with Crippen LogP contribution in [0.5, 0.6) is 0 Å². The zero-order chi connectivity index (χ0) is 18.5. The van der Waals surface area contributed by atoms with Crippen molar-refractivity contribution in [1.82, 2.24) is 0 Å². The smallest absolute Gasteiger partial charge is 0.303 e. The molecule has 1 fully saturated rings. The number of ketones is 1. The number of rotatable bonds is 13. The number of hydrogen-bond acceptors (Lipinski definition) is 3. The van der Waals surface area contributed by atoms with E-state index in [1.54, 1.807) is 0 Å². The molecule has 4 heteroatoms. The van der Waals surface area contributed by atoms with Crippen LogP contribution < -0.4 is 0 Å². The minimum atomic E-state index is -0.755. The zero-order valence-corrected chi connectivity index (χ0v) is 15.5. The molecular formula is C21H34O4. The third-order valence-corrected chi connectivity index (χ3v) is 5.01. The van der Waals surface area contributed by atoms with Crippen molar-refractivity contribution in [2.75, 3.05) is 6.61 Å². The number of aliphatic hydroxyl groups excluding tert-OH is 1. The van der Waals surface area contributed by atoms with Crippen molar-refractivity contribution in [3.8, 4) is 0 Å². The summed E-state index contributed by atoms with van der Waals surface area (Å²) >= 11 is 0. The SMILES string of the molecule is C[C@@H]1CC(=O)[C@H](CC=CCCCC(=O)O)[C@H]1C=CCCCCCCO. The van der Waals surface area contributed by atoms with Crippen LogP contribution in [0, 0.1) is 17.8 Å². The van der Waals surface area contributed by atoms with Gasteiger partial charge in [0.25, 0.3) is 0 Å². The maximum Gasteiger partial charge on any atom is 0.303 e. The van der Waals surface area contributed by atoms with Gasteiger partial charge in [-0.3, -0.25) is 9.59 Å². The van der Waals surface area contributed by atoms with Crippen LogP contribution in [-0.2, 0) is 9.59 Å². The summed E-state index contributed by atoms with van der Waals surface area (Å²) in [4.78, 5) is 22.7. The van der Waals surface area contributed by atoms with Gasteiger partial charge in [-0.1, -0.05) is 44.1 Å². The number of aliphatic hydroxyl groups is 1. The van der Waals surface area contributed by atoms with Crippen LogP contribution in [-0.4, -0.2) is 28.6 Å². The first-order chi connectivity index (χ1) is 12.1. The number of allylic oxidation sites excluding steroid dienone is 4. The predicted molar refractivity (Wildman–Crippen MR) is 100 cm³/mol. The Kier molecular flexibility index (Phi) is 11.1. The van der Waals surface area contributed by atoms with E-state index >= 15 is 0 Å². The molecule has 0 bridgehead atoms. The Labute approximate surface area is 152 Å². The summed E-state index contributed by atoms with van der Waals surface area (Å²) in [5.74, 6) is 0.420. The van der Waals surface area contributed by atoms with Crippen LogP contribution in [0.15, 0.2) is 24.3 Å². The normalized spacial score (nSPS) is 23.9. The number of unbranched alkanes of at least 4 members (excludes halogenated alkanes) is 5. The molecule has 1 rings (SSSR count). The Balaban J connectivity index is 2.35. The largest absolute Gasteiger partial charge is 0.481 e. The molecule has 4 nitrogen and oxygen atoms in total. The fraction of sp³-hybridized carbons (Fsp3) is 0.714. The fourth-order valence-corrected chi connectivity index (χ4v) is 3.54. The quantitative estimate of drug-likeness (QED) is 0.378. The van der Waals surface area contributed by atoms with Gasteiger partial charge >= 0.3 is 5.97 Å². The van der Waals surface area contributed by atoms with Gasteiger partial charge in [0.15, 0.2) is 0 Å². The average Bonchev–Trinajstić information content (AvgIpc) is 2.83. The second-order valence-electron chi connectivity index (χ2n) is 7.18. The monoisotopic (exact) mass is 350 g/mol. The summed E-state index contributed by atoms with van der Waals surface area (Å²) in [5, 5.41) is 17.4. The Morgan fingerprint density at radius 1 is 1.08 bits per heavy atom. The van der Waals surface area contributed by atoms with E-state index < -0.39 is 5.97 Å². The highest BCUT2D eigenvalue weighted by Gasteiger charge is 2.37. The average molecular weight is 350 g/mol. The summed E-state index contributed by atoms with van der Waals surface area (Å²) in [6.07, 6.45) is 16.9. The first-order valence-corrected chi connectivity index (χ1v) is 9.73. The van der Waals surface area contributed by atoms with E-state index in [1.807, 2.05) is 6.08 Å². The Hall–Kier alpha value is -1.42. The van der Waals surface area contributed by atoms with Crippen LogP contribution >= 0.6 is 0 Å². The molecule has 0 heterocycles. The predicted octanol–water partition coefficient (Wildman–Crippen LogP) is 4.53. The van der Waals surface area contributed by atoms with Crippen LogP contribution in [0.3, 0.4) is 0 Å². The molecule has 25 heavy (non-hydrogen) atoms. The molecule has 0 aromatic rings. The second-order valence-corrected chi connectivity index (χ2v) is 7.18. The highest BCUT2D eigenvalue weighted by atomic mass is 16.4. The van der Waals surface area contributed by atoms with Crippen LogP contribution in [0.4, 0.5) is 0 Å². The topological polar surface area (TPSA) is 74.6 Å². The molecule has 0 amide bonds. The zero-order valence-electron chi connectivity index (χ0n) is 15.5. The second kappa shape index (κ2) is 12.9. The molecule has 1 saturated carbocycles. The summed E-state index contributed by atoms with van der Waals surface area (Å²) in [6.45, 7) is 2.44. The summed E-state index contributed by atoms with van der Waals surface area (Å²) in [6, 6.07) is 0. The number of Topliss-reactive ketones (excluding diaryl/α,β-unsaturated/α-hetero) is 1. The minimum Gasteiger partial charge on any atom is -0.481 e. The van der Waals surface area contributed by atoms with Gasteiger partial charge in [0.05, 0.1) is 0 Å². The number of carboxylic acids is 1. The van der Waals surface area contributed by atoms with Gasteiger partial charge in [0.2, 0.25) is 0 Å². The van der Waals surface area contributed by atoms with Crippen molar-refractivity contribution >= 4 is 11.8 Å². The van der Waals surface area contributed by atoms with Crippen LogP contribution in [0.25, 0.3) is 0 Å². The maximum atomic E-state index is 12.2. The first-order valence-electron chi connectivity index (χ1n) is 9.73. The van der Waals surface area contributed by atoms with Crippen molar-refractivity contribution in [2.24, 2.45) is 17.8 Å². The maximum absolute atomic E-state index is 12.2. The number of carbonyl (C=O) groups excluding carboxylic acids is 1. The highest BCUT2D eigenvalue weighted by Crippen LogP contribution is 2.37. The van der Waals surface area contributed by atoms with E-state index in [-0.39, 0.29) is 18.9 Å². The fourth-order valence-electron chi connectivity index (χ4n) is 3.54. The lowest BCUT2D eigenvalue weighted by atomic mass is 9.87. The van der Waals surface area contributed by atoms with E-state index in [1.165, 1.54) is 0 Å². The number of carbonyl (C=O) groups is 2. The van der Waals surface area contributed by atoms with Gasteiger partial charge in [-0.25, -0.2) is 0 Å². The van der Waals surface area contributed by atoms with E-state index in [4.69, 9.17) is 10.2 Å². The molecule has 0 aliphatic heterocycles. The van der Waals surface area contributed by atoms with Crippen LogP contribution in [0.2, 0.25) is 0 Å². The van der Waals surface area contributed by atoms with Gasteiger partial charge in [0.1, 0.15) is 5.78 Å². The lowest BCUT2D eigenvalue weighted by molar-refractivity contribution is -0.137. The molecule has 0 aromatic carbocycles. The molecule has 3 atom stereocenters. The van der Waals surface area contributed by atoms with Crippen molar-refractivity contribution in [3.63, 3.8) is 0 Å². The van der Waals surface area contributed by atoms with Gasteiger partial charge in [-0.05, 0) is 50.4 Å². The Morgan fingerprint density at radius 2 is 1.80 bits per heavy atom. The Morgan fingerprint density at radius 3 is 2.52 bits per heavy atom. The molecule has 0 saturated heterocycles. The van der Waals surface area contributed by atoms with Gasteiger partial charge in [0, 0.05) is 25.4 Å². The van der Waals surface area contributed by atoms with Crippen LogP contribution in [0.1, 0.15) is 71.1 Å². The molecule has 0 unspecified atom stereocenters. The van der Waals surface area contributed by atoms with E-state index in [0.717, 1.165) is 44.9 Å². The van der Waals surface area contributed by atoms with Gasteiger partial charge in [-0.2, -0.15) is 0 Å². The van der Waals surface area contributed by atoms with Crippen molar-refractivity contribution < 1.29 is 19.8 Å². The van der Waals surface area contributed by atoms with E-state index in [9.17, 15) is 9.59 Å². The van der Waals surface area contributed by atoms with Crippen molar-refractivity contribution in [2.45, 2.75) is 71.1 Å². The Bertz CT molecular complexity index is 453. The molecule has 142 valence electrons. The van der Waals surface area contributed by atoms with Crippen molar-refractivity contribution in [3.05, 3.63) is 24.3 Å². The lowest BCUT2D eigenvalue weighted by Gasteiger charge is -2.16. The lowest BCUT2D eigenvalue weighted by Crippen LogP contribution is -2.14. The molecule has 0 radical (unpaired) electrons. The third-order valence-electron chi connectivity index (χ3n) is 5.01. The molecule has 0 spiro atoms. The molecule has 1 aliphatic carbocycles. The molecule has 2 N–H and O–H groups in total. The minimum absolute atomic E-state index is 0.0800. The summed E-state index contributed by atoms with van der Waals surface area (Å²) in [5.41, 5.74) is 0. The molecule has 0 aromatic heterocycles. The summed E-state index contributed by atoms with van der Waals surface area (Å²) < 4.78 is 0. The summed E-state index contributed by atoms with van der Waals surface area (Å²) in [7, 11) is 0. The number of hydrogen-bond donors (Lipinski definition) is 2. The number of aliphatic carboxylic acids is 1. The third kappa shape index (κ3) is 9.01. The number of carboxylic acid groups (broad SMARTS) is 1. The molecular weight excluding hydrogens is 316 g/mol. The van der Waals surface area contributed by atoms with Gasteiger partial charge < -0.3 is 10.2 Å². The highest BCUT2D eigenvalue weighted by molar-refractivity contribution is 5.84. The van der Waals surface area contributed by atoms with Gasteiger partial charge in [-0.15, -0.1) is 0 Å². The van der Waals surface area contributed by atoms with Crippen molar-refractivity contribution in [1.29, 1.82) is 0 Å². The first kappa shape index (κ1) is 21.6. The standard InChI is InChI=1S/C21H34O4/c1-17-16-20(23)19(13-9-5-6-10-14-21(24)25)18(17)12-8-4-2-3-7-11-15-22/h5,8-9,12,17-19,22H,2-4,6-7,10-11,13-16H2,1H3,(H,24,25)/t17-,18+,19-/m1/s1.